The van der Waals surface area contributed by atoms with Gasteiger partial charge in [-0.15, -0.1) is 0 Å². The largest absolute Gasteiger partial charge is 0.508 e. The third-order valence-corrected chi connectivity index (χ3v) is 4.28. The molecule has 0 spiro atoms. The average molecular weight is 391 g/mol. The maximum Gasteiger partial charge on any atom is 0.309 e. The molecule has 0 aromatic heterocycles. The van der Waals surface area contributed by atoms with Crippen LogP contribution in [0.3, 0.4) is 0 Å². The van der Waals surface area contributed by atoms with Crippen LogP contribution in [0.4, 0.5) is 0 Å². The Morgan fingerprint density at radius 1 is 0.964 bits per heavy atom. The summed E-state index contributed by atoms with van der Waals surface area (Å²) in [6, 6.07) is 6.90. The number of aromatic hydroxyl groups is 1. The minimum absolute atomic E-state index is 0.235. The summed E-state index contributed by atoms with van der Waals surface area (Å²) in [5.41, 5.74) is 0. The zero-order chi connectivity index (χ0) is 20.5. The summed E-state index contributed by atoms with van der Waals surface area (Å²) in [4.78, 5) is 22.2. The van der Waals surface area contributed by atoms with E-state index in [-0.39, 0.29) is 5.75 Å². The smallest absolute Gasteiger partial charge is 0.309 e. The van der Waals surface area contributed by atoms with E-state index in [1.807, 2.05) is 6.07 Å². The highest BCUT2D eigenvalue weighted by Crippen LogP contribution is 2.18. The van der Waals surface area contributed by atoms with E-state index in [9.17, 15) is 14.7 Å². The molecule has 0 heterocycles. The van der Waals surface area contributed by atoms with Gasteiger partial charge in [0.05, 0.1) is 6.61 Å². The number of nitrogens with one attached hydrogen (secondary N) is 2. The summed E-state index contributed by atoms with van der Waals surface area (Å²) in [7, 11) is 1.44. The van der Waals surface area contributed by atoms with Gasteiger partial charge < -0.3 is 20.5 Å². The SMILES string of the molecule is CNC(=O)C(=O)NCCCC/C=C\CCCCCCCOc1cccc(O)c1. The van der Waals surface area contributed by atoms with Crippen molar-refractivity contribution < 1.29 is 19.4 Å². The van der Waals surface area contributed by atoms with Gasteiger partial charge in [-0.25, -0.2) is 0 Å². The molecule has 0 saturated heterocycles. The van der Waals surface area contributed by atoms with Gasteiger partial charge in [0.2, 0.25) is 0 Å². The van der Waals surface area contributed by atoms with Crippen molar-refractivity contribution in [2.45, 2.75) is 57.8 Å². The molecule has 1 aromatic rings. The number of phenols is 1. The number of rotatable bonds is 14. The van der Waals surface area contributed by atoms with Gasteiger partial charge >= 0.3 is 11.8 Å². The molecular formula is C22H34N2O4. The van der Waals surface area contributed by atoms with Gasteiger partial charge in [0.25, 0.3) is 0 Å². The highest BCUT2D eigenvalue weighted by atomic mass is 16.5. The Bertz CT molecular complexity index is 602. The number of phenolic OH excluding ortho intramolecular Hbond substituents is 1. The maximum atomic E-state index is 11.2. The Morgan fingerprint density at radius 3 is 2.36 bits per heavy atom. The topological polar surface area (TPSA) is 87.7 Å². The number of hydrogen-bond acceptors (Lipinski definition) is 4. The zero-order valence-electron chi connectivity index (χ0n) is 16.9. The predicted molar refractivity (Wildman–Crippen MR) is 111 cm³/mol. The number of unbranched alkanes of at least 4 members (excludes halogenated alkanes) is 7. The summed E-state index contributed by atoms with van der Waals surface area (Å²) in [5.74, 6) is -0.204. The molecule has 0 aliphatic heterocycles. The summed E-state index contributed by atoms with van der Waals surface area (Å²) < 4.78 is 5.60. The lowest BCUT2D eigenvalue weighted by atomic mass is 10.1. The molecule has 2 amide bonds. The van der Waals surface area contributed by atoms with Crippen molar-refractivity contribution >= 4 is 11.8 Å². The van der Waals surface area contributed by atoms with Gasteiger partial charge in [0.1, 0.15) is 11.5 Å². The van der Waals surface area contributed by atoms with E-state index in [1.54, 1.807) is 18.2 Å². The number of carbonyl (C=O) groups is 2. The van der Waals surface area contributed by atoms with E-state index < -0.39 is 11.8 Å². The number of allylic oxidation sites excluding steroid dienone is 2. The summed E-state index contributed by atoms with van der Waals surface area (Å²) in [6.45, 7) is 1.22. The number of hydrogen-bond donors (Lipinski definition) is 3. The van der Waals surface area contributed by atoms with E-state index >= 15 is 0 Å². The molecule has 0 unspecified atom stereocenters. The monoisotopic (exact) mass is 390 g/mol. The molecule has 156 valence electrons. The molecule has 0 bridgehead atoms. The standard InChI is InChI=1S/C22H34N2O4/c1-23-21(26)22(27)24-16-11-9-7-5-3-2-4-6-8-10-12-17-28-20-15-13-14-19(25)18-20/h3,5,13-15,18,25H,2,4,6-12,16-17H2,1H3,(H,23,26)(H,24,27)/b5-3-. The molecule has 6 nitrogen and oxygen atoms in total. The van der Waals surface area contributed by atoms with E-state index in [0.29, 0.717) is 13.2 Å². The van der Waals surface area contributed by atoms with Crippen LogP contribution in [0.15, 0.2) is 36.4 Å². The quantitative estimate of drug-likeness (QED) is 0.257. The average Bonchev–Trinajstić information content (AvgIpc) is 2.70. The lowest BCUT2D eigenvalue weighted by Gasteiger charge is -2.06. The zero-order valence-corrected chi connectivity index (χ0v) is 16.9. The normalized spacial score (nSPS) is 10.8. The van der Waals surface area contributed by atoms with E-state index in [0.717, 1.165) is 44.3 Å². The number of likely N-dealkylation sites (N-methyl/N-ethyl adjacent to an activating group) is 1. The van der Waals surface area contributed by atoms with Crippen LogP contribution in [-0.2, 0) is 9.59 Å². The van der Waals surface area contributed by atoms with Crippen molar-refractivity contribution in [3.63, 3.8) is 0 Å². The fraction of sp³-hybridized carbons (Fsp3) is 0.545. The van der Waals surface area contributed by atoms with Crippen LogP contribution in [0.25, 0.3) is 0 Å². The van der Waals surface area contributed by atoms with Crippen molar-refractivity contribution in [3.05, 3.63) is 36.4 Å². The van der Waals surface area contributed by atoms with Crippen LogP contribution in [-0.4, -0.2) is 37.1 Å². The summed E-state index contributed by atoms with van der Waals surface area (Å²) >= 11 is 0. The molecular weight excluding hydrogens is 356 g/mol. The van der Waals surface area contributed by atoms with E-state index in [1.165, 1.54) is 26.3 Å². The lowest BCUT2D eigenvalue weighted by molar-refractivity contribution is -0.138. The van der Waals surface area contributed by atoms with Crippen LogP contribution in [0.5, 0.6) is 11.5 Å². The molecule has 0 radical (unpaired) electrons. The van der Waals surface area contributed by atoms with Crippen molar-refractivity contribution in [1.82, 2.24) is 10.6 Å². The molecule has 3 N–H and O–H groups in total. The first-order valence-electron chi connectivity index (χ1n) is 10.2. The number of amides is 2. The Hall–Kier alpha value is -2.50. The second kappa shape index (κ2) is 15.5. The molecule has 0 atom stereocenters. The van der Waals surface area contributed by atoms with Gasteiger partial charge in [-0.3, -0.25) is 9.59 Å². The Kier molecular flexibility index (Phi) is 13.1. The molecule has 0 aliphatic carbocycles. The molecule has 0 fully saturated rings. The van der Waals surface area contributed by atoms with Crippen molar-refractivity contribution in [2.75, 3.05) is 20.2 Å². The Morgan fingerprint density at radius 2 is 1.64 bits per heavy atom. The van der Waals surface area contributed by atoms with Gasteiger partial charge in [0.15, 0.2) is 0 Å². The third-order valence-electron chi connectivity index (χ3n) is 4.28. The number of ether oxygens (including phenoxy) is 1. The van der Waals surface area contributed by atoms with Gasteiger partial charge in [-0.2, -0.15) is 0 Å². The molecule has 1 aromatic carbocycles. The van der Waals surface area contributed by atoms with E-state index in [2.05, 4.69) is 22.8 Å². The van der Waals surface area contributed by atoms with Gasteiger partial charge in [-0.05, 0) is 50.7 Å². The van der Waals surface area contributed by atoms with Crippen molar-refractivity contribution in [3.8, 4) is 11.5 Å². The second-order valence-corrected chi connectivity index (χ2v) is 6.70. The second-order valence-electron chi connectivity index (χ2n) is 6.70. The van der Waals surface area contributed by atoms with Gasteiger partial charge in [0, 0.05) is 19.7 Å². The van der Waals surface area contributed by atoms with Crippen LogP contribution in [0.1, 0.15) is 57.8 Å². The Labute approximate surface area is 168 Å². The lowest BCUT2D eigenvalue weighted by Crippen LogP contribution is -2.38. The fourth-order valence-corrected chi connectivity index (χ4v) is 2.68. The first kappa shape index (κ1) is 23.5. The maximum absolute atomic E-state index is 11.2. The minimum atomic E-state index is -0.594. The highest BCUT2D eigenvalue weighted by molar-refractivity contribution is 6.34. The van der Waals surface area contributed by atoms with Crippen LogP contribution >= 0.6 is 0 Å². The van der Waals surface area contributed by atoms with Crippen molar-refractivity contribution in [1.29, 1.82) is 0 Å². The molecule has 28 heavy (non-hydrogen) atoms. The third kappa shape index (κ3) is 12.0. The van der Waals surface area contributed by atoms with Gasteiger partial charge in [-0.1, -0.05) is 37.5 Å². The molecule has 6 heteroatoms. The van der Waals surface area contributed by atoms with Crippen LogP contribution < -0.4 is 15.4 Å². The summed E-state index contributed by atoms with van der Waals surface area (Å²) in [6.07, 6.45) is 14.2. The molecule has 0 aliphatic rings. The number of carbonyl (C=O) groups excluding carboxylic acids is 2. The van der Waals surface area contributed by atoms with Crippen LogP contribution in [0.2, 0.25) is 0 Å². The van der Waals surface area contributed by atoms with Crippen molar-refractivity contribution in [2.24, 2.45) is 0 Å². The first-order chi connectivity index (χ1) is 13.6. The van der Waals surface area contributed by atoms with E-state index in [4.69, 9.17) is 4.74 Å². The molecule has 0 saturated carbocycles. The summed E-state index contributed by atoms with van der Waals surface area (Å²) in [5, 5.41) is 14.2. The molecule has 1 rings (SSSR count). The minimum Gasteiger partial charge on any atom is -0.508 e. The predicted octanol–water partition coefficient (Wildman–Crippen LogP) is 3.70. The van der Waals surface area contributed by atoms with Crippen LogP contribution in [0, 0.1) is 0 Å². The highest BCUT2D eigenvalue weighted by Gasteiger charge is 2.08. The Balaban J connectivity index is 1.84. The first-order valence-corrected chi connectivity index (χ1v) is 10.2. The fourth-order valence-electron chi connectivity index (χ4n) is 2.68. The number of benzene rings is 1.